The maximum atomic E-state index is 12.6. The highest BCUT2D eigenvalue weighted by Gasteiger charge is 2.31. The lowest BCUT2D eigenvalue weighted by atomic mass is 9.81. The van der Waals surface area contributed by atoms with Crippen LogP contribution in [0.5, 0.6) is 0 Å². The van der Waals surface area contributed by atoms with E-state index in [0.717, 1.165) is 0 Å². The highest BCUT2D eigenvalue weighted by atomic mass is 16.6. The Kier molecular flexibility index (Phi) is 10.6. The van der Waals surface area contributed by atoms with Gasteiger partial charge in [-0.3, -0.25) is 14.4 Å². The van der Waals surface area contributed by atoms with E-state index in [1.54, 1.807) is 20.8 Å². The summed E-state index contributed by atoms with van der Waals surface area (Å²) in [5.74, 6) is -3.16. The zero-order valence-electron chi connectivity index (χ0n) is 20.1. The fraction of sp³-hybridized carbons (Fsp3) is 0.773. The molecule has 0 aliphatic heterocycles. The van der Waals surface area contributed by atoms with E-state index >= 15 is 0 Å². The summed E-state index contributed by atoms with van der Waals surface area (Å²) in [6, 6.07) is -2.07. The Bertz CT molecular complexity index is 725. The van der Waals surface area contributed by atoms with Gasteiger partial charge < -0.3 is 31.5 Å². The van der Waals surface area contributed by atoms with Crippen LogP contribution in [-0.2, 0) is 23.9 Å². The van der Waals surface area contributed by atoms with Gasteiger partial charge in [-0.25, -0.2) is 9.59 Å². The molecule has 1 saturated carbocycles. The highest BCUT2D eigenvalue weighted by Crippen LogP contribution is 2.28. The summed E-state index contributed by atoms with van der Waals surface area (Å²) in [5, 5.41) is 17.0. The maximum Gasteiger partial charge on any atom is 0.408 e. The van der Waals surface area contributed by atoms with Crippen molar-refractivity contribution in [2.75, 3.05) is 6.54 Å². The van der Waals surface area contributed by atoms with Crippen molar-refractivity contribution in [2.45, 2.75) is 84.4 Å². The molecule has 11 nitrogen and oxygen atoms in total. The second kappa shape index (κ2) is 12.4. The summed E-state index contributed by atoms with van der Waals surface area (Å²) in [6.07, 6.45) is 1.32. The fourth-order valence-corrected chi connectivity index (χ4v) is 3.64. The van der Waals surface area contributed by atoms with Crippen molar-refractivity contribution in [1.29, 1.82) is 0 Å². The molecule has 0 saturated heterocycles. The van der Waals surface area contributed by atoms with Gasteiger partial charge in [0.1, 0.15) is 17.7 Å². The van der Waals surface area contributed by atoms with Crippen molar-refractivity contribution in [3.05, 3.63) is 0 Å². The van der Waals surface area contributed by atoms with E-state index in [-0.39, 0.29) is 23.7 Å². The van der Waals surface area contributed by atoms with Gasteiger partial charge >= 0.3 is 12.1 Å². The number of primary amides is 1. The number of carbonyl (C=O) groups excluding carboxylic acids is 4. The zero-order valence-corrected chi connectivity index (χ0v) is 20.1. The normalized spacial score (nSPS) is 20.3. The molecule has 4 amide bonds. The highest BCUT2D eigenvalue weighted by molar-refractivity contribution is 5.89. The van der Waals surface area contributed by atoms with Gasteiger partial charge in [-0.2, -0.15) is 0 Å². The molecule has 2 atom stereocenters. The van der Waals surface area contributed by atoms with Crippen LogP contribution in [0, 0.1) is 17.8 Å². The number of alkyl carbamates (subject to hydrolysis) is 1. The molecule has 0 aromatic carbocycles. The van der Waals surface area contributed by atoms with Crippen LogP contribution < -0.4 is 21.7 Å². The van der Waals surface area contributed by atoms with Gasteiger partial charge in [0.2, 0.25) is 17.7 Å². The number of carboxylic acid groups (broad SMARTS) is 1. The first-order valence-corrected chi connectivity index (χ1v) is 11.3. The minimum atomic E-state index is -1.34. The average Bonchev–Trinajstić information content (AvgIpc) is 2.68. The molecule has 6 N–H and O–H groups in total. The van der Waals surface area contributed by atoms with E-state index in [1.165, 1.54) is 0 Å². The Morgan fingerprint density at radius 2 is 1.61 bits per heavy atom. The van der Waals surface area contributed by atoms with E-state index in [4.69, 9.17) is 15.6 Å². The third kappa shape index (κ3) is 10.5. The van der Waals surface area contributed by atoms with Gasteiger partial charge in [-0.1, -0.05) is 13.8 Å². The Hall–Kier alpha value is -2.85. The number of aliphatic carboxylic acids is 1. The molecule has 0 aromatic heterocycles. The van der Waals surface area contributed by atoms with Gasteiger partial charge in [-0.05, 0) is 58.3 Å². The van der Waals surface area contributed by atoms with E-state index in [2.05, 4.69) is 16.0 Å². The molecule has 0 bridgehead atoms. The molecule has 188 valence electrons. The molecule has 0 heterocycles. The van der Waals surface area contributed by atoms with E-state index in [9.17, 15) is 24.0 Å². The summed E-state index contributed by atoms with van der Waals surface area (Å²) < 4.78 is 5.23. The van der Waals surface area contributed by atoms with Gasteiger partial charge in [0.05, 0.1) is 6.42 Å². The smallest absolute Gasteiger partial charge is 0.408 e. The first-order chi connectivity index (χ1) is 15.2. The van der Waals surface area contributed by atoms with Crippen LogP contribution in [0.4, 0.5) is 4.79 Å². The topological polar surface area (TPSA) is 177 Å². The number of nitrogens with two attached hydrogens (primary N) is 1. The maximum absolute atomic E-state index is 12.6. The van der Waals surface area contributed by atoms with Gasteiger partial charge in [0.25, 0.3) is 0 Å². The molecule has 1 aliphatic rings. The average molecular weight is 471 g/mol. The minimum Gasteiger partial charge on any atom is -0.480 e. The number of amides is 4. The van der Waals surface area contributed by atoms with Crippen molar-refractivity contribution in [2.24, 2.45) is 23.5 Å². The van der Waals surface area contributed by atoms with Crippen LogP contribution in [0.1, 0.15) is 66.7 Å². The molecular weight excluding hydrogens is 432 g/mol. The SMILES string of the molecule is CC(C)[C@@H](NC(=O)OC(C)(C)C)C(=O)NCC1CCC(C(=O)N[C@@H](CC(N)=O)C(=O)O)CC1. The van der Waals surface area contributed by atoms with Gasteiger partial charge in [-0.15, -0.1) is 0 Å². The number of carboxylic acids is 1. The van der Waals surface area contributed by atoms with Crippen molar-refractivity contribution in [1.82, 2.24) is 16.0 Å². The van der Waals surface area contributed by atoms with Crippen molar-refractivity contribution >= 4 is 29.8 Å². The number of ether oxygens (including phenoxy) is 1. The standard InChI is InChI=1S/C22H38N4O7/c1-12(2)17(26-21(32)33-22(3,4)5)19(29)24-11-13-6-8-14(9-7-13)18(28)25-15(20(30)31)10-16(23)27/h12-15,17H,6-11H2,1-5H3,(H2,23,27)(H,24,29)(H,25,28)(H,26,32)(H,30,31)/t13?,14?,15-,17+/m0/s1. The number of hydrogen-bond donors (Lipinski definition) is 5. The van der Waals surface area contributed by atoms with E-state index in [0.29, 0.717) is 32.2 Å². The van der Waals surface area contributed by atoms with E-state index in [1.807, 2.05) is 13.8 Å². The Morgan fingerprint density at radius 1 is 1.03 bits per heavy atom. The summed E-state index contributed by atoms with van der Waals surface area (Å²) >= 11 is 0. The van der Waals surface area contributed by atoms with Crippen LogP contribution in [0.2, 0.25) is 0 Å². The van der Waals surface area contributed by atoms with E-state index < -0.39 is 48.0 Å². The monoisotopic (exact) mass is 470 g/mol. The first-order valence-electron chi connectivity index (χ1n) is 11.3. The second-order valence-corrected chi connectivity index (χ2v) is 9.90. The Morgan fingerprint density at radius 3 is 2.06 bits per heavy atom. The van der Waals surface area contributed by atoms with Crippen LogP contribution in [0.25, 0.3) is 0 Å². The third-order valence-electron chi connectivity index (χ3n) is 5.42. The lowest BCUT2D eigenvalue weighted by Gasteiger charge is -2.30. The molecule has 0 unspecified atom stereocenters. The molecule has 0 radical (unpaired) electrons. The Balaban J connectivity index is 2.50. The molecule has 11 heteroatoms. The molecule has 0 aromatic rings. The second-order valence-electron chi connectivity index (χ2n) is 9.90. The van der Waals surface area contributed by atoms with Crippen molar-refractivity contribution < 1.29 is 33.8 Å². The third-order valence-corrected chi connectivity index (χ3v) is 5.42. The lowest BCUT2D eigenvalue weighted by Crippen LogP contribution is -2.51. The Labute approximate surface area is 194 Å². The molecule has 1 aliphatic carbocycles. The number of hydrogen-bond acceptors (Lipinski definition) is 6. The number of rotatable bonds is 10. The quantitative estimate of drug-likeness (QED) is 0.315. The summed E-state index contributed by atoms with van der Waals surface area (Å²) in [6.45, 7) is 9.29. The van der Waals surface area contributed by atoms with Crippen LogP contribution in [0.3, 0.4) is 0 Å². The van der Waals surface area contributed by atoms with Crippen LogP contribution in [0.15, 0.2) is 0 Å². The van der Waals surface area contributed by atoms with Gasteiger partial charge in [0, 0.05) is 12.5 Å². The molecular formula is C22H38N4O7. The van der Waals surface area contributed by atoms with Crippen molar-refractivity contribution in [3.8, 4) is 0 Å². The molecule has 33 heavy (non-hydrogen) atoms. The van der Waals surface area contributed by atoms with Crippen LogP contribution >= 0.6 is 0 Å². The number of carbonyl (C=O) groups is 5. The molecule has 1 fully saturated rings. The van der Waals surface area contributed by atoms with Crippen molar-refractivity contribution in [3.63, 3.8) is 0 Å². The molecule has 1 rings (SSSR count). The van der Waals surface area contributed by atoms with Gasteiger partial charge in [0.15, 0.2) is 0 Å². The zero-order chi connectivity index (χ0) is 25.3. The predicted molar refractivity (Wildman–Crippen MR) is 120 cm³/mol. The number of nitrogens with one attached hydrogen (secondary N) is 3. The largest absolute Gasteiger partial charge is 0.480 e. The van der Waals surface area contributed by atoms with Crippen LogP contribution in [-0.4, -0.2) is 59.1 Å². The summed E-state index contributed by atoms with van der Waals surface area (Å²) in [4.78, 5) is 59.3. The summed E-state index contributed by atoms with van der Waals surface area (Å²) in [5.41, 5.74) is 4.37. The lowest BCUT2D eigenvalue weighted by molar-refractivity contribution is -0.144. The fourth-order valence-electron chi connectivity index (χ4n) is 3.64. The molecule has 0 spiro atoms. The predicted octanol–water partition coefficient (Wildman–Crippen LogP) is 0.903. The summed E-state index contributed by atoms with van der Waals surface area (Å²) in [7, 11) is 0. The first kappa shape index (κ1) is 28.2. The minimum absolute atomic E-state index is 0.139.